The van der Waals surface area contributed by atoms with Crippen LogP contribution < -0.4 is 14.8 Å². The zero-order chi connectivity index (χ0) is 20.2. The molecule has 0 radical (unpaired) electrons. The number of fused-ring (bicyclic) bond motifs is 1. The highest BCUT2D eigenvalue weighted by atomic mass is 35.5. The van der Waals surface area contributed by atoms with Gasteiger partial charge in [-0.1, -0.05) is 28.9 Å². The van der Waals surface area contributed by atoms with E-state index in [2.05, 4.69) is 15.5 Å². The summed E-state index contributed by atoms with van der Waals surface area (Å²) < 4.78 is 20.6. The number of esters is 1. The topological polar surface area (TPSA) is 113 Å². The van der Waals surface area contributed by atoms with Crippen molar-refractivity contribution in [3.05, 3.63) is 58.9 Å². The molecule has 2 aromatic carbocycles. The van der Waals surface area contributed by atoms with Crippen LogP contribution >= 0.6 is 11.6 Å². The number of nitrogens with zero attached hydrogens (tertiary/aromatic N) is 2. The van der Waals surface area contributed by atoms with Crippen molar-refractivity contribution in [2.45, 2.75) is 6.61 Å². The van der Waals surface area contributed by atoms with Crippen molar-refractivity contribution < 1.29 is 28.3 Å². The lowest BCUT2D eigenvalue weighted by atomic mass is 10.2. The molecule has 148 valence electrons. The molecule has 0 fully saturated rings. The lowest BCUT2D eigenvalue weighted by Gasteiger charge is -2.06. The summed E-state index contributed by atoms with van der Waals surface area (Å²) in [7, 11) is 0. The van der Waals surface area contributed by atoms with Crippen molar-refractivity contribution >= 4 is 23.5 Å². The van der Waals surface area contributed by atoms with Crippen molar-refractivity contribution in [1.82, 2.24) is 15.5 Å². The zero-order valence-corrected chi connectivity index (χ0v) is 15.6. The van der Waals surface area contributed by atoms with Crippen LogP contribution in [-0.4, -0.2) is 35.4 Å². The third kappa shape index (κ3) is 4.30. The molecule has 0 aliphatic carbocycles. The Morgan fingerprint density at radius 3 is 2.83 bits per heavy atom. The number of carbonyl (C=O) groups excluding carboxylic acids is 2. The number of benzene rings is 2. The summed E-state index contributed by atoms with van der Waals surface area (Å²) in [6.07, 6.45) is 0. The van der Waals surface area contributed by atoms with Gasteiger partial charge in [-0.15, -0.1) is 0 Å². The van der Waals surface area contributed by atoms with Crippen LogP contribution in [0.3, 0.4) is 0 Å². The molecule has 1 N–H and O–H groups in total. The first-order valence-electron chi connectivity index (χ1n) is 8.51. The number of hydrogen-bond donors (Lipinski definition) is 1. The van der Waals surface area contributed by atoms with Gasteiger partial charge in [0, 0.05) is 5.56 Å². The summed E-state index contributed by atoms with van der Waals surface area (Å²) in [6.45, 7) is -0.407. The summed E-state index contributed by atoms with van der Waals surface area (Å²) in [5.74, 6) is 0.348. The van der Waals surface area contributed by atoms with Crippen molar-refractivity contribution in [1.29, 1.82) is 0 Å². The van der Waals surface area contributed by atoms with Crippen LogP contribution in [0.2, 0.25) is 5.02 Å². The molecule has 4 rings (SSSR count). The van der Waals surface area contributed by atoms with E-state index in [1.807, 2.05) is 0 Å². The zero-order valence-electron chi connectivity index (χ0n) is 14.9. The first-order valence-corrected chi connectivity index (χ1v) is 8.89. The van der Waals surface area contributed by atoms with E-state index >= 15 is 0 Å². The average Bonchev–Trinajstić information content (AvgIpc) is 3.39. The summed E-state index contributed by atoms with van der Waals surface area (Å²) in [5, 5.41) is 6.68. The van der Waals surface area contributed by atoms with Gasteiger partial charge in [-0.2, -0.15) is 4.98 Å². The highest BCUT2D eigenvalue weighted by molar-refractivity contribution is 6.33. The van der Waals surface area contributed by atoms with E-state index in [1.165, 1.54) is 0 Å². The molecule has 1 aliphatic heterocycles. The maximum atomic E-state index is 12.1. The Kier molecular flexibility index (Phi) is 5.30. The predicted molar refractivity (Wildman–Crippen MR) is 99.4 cm³/mol. The normalized spacial score (nSPS) is 11.9. The first-order chi connectivity index (χ1) is 14.1. The number of aromatic nitrogens is 2. The van der Waals surface area contributed by atoms with Gasteiger partial charge >= 0.3 is 5.97 Å². The van der Waals surface area contributed by atoms with Crippen molar-refractivity contribution in [3.8, 4) is 23.0 Å². The fraction of sp³-hybridized carbons (Fsp3) is 0.158. The molecular formula is C19H14ClN3O6. The van der Waals surface area contributed by atoms with E-state index in [1.54, 1.807) is 42.5 Å². The predicted octanol–water partition coefficient (Wildman–Crippen LogP) is 2.59. The Morgan fingerprint density at radius 1 is 1.14 bits per heavy atom. The summed E-state index contributed by atoms with van der Waals surface area (Å²) in [6, 6.07) is 11.7. The van der Waals surface area contributed by atoms with Gasteiger partial charge in [0.2, 0.25) is 12.6 Å². The molecule has 1 aromatic heterocycles. The number of nitrogens with one attached hydrogen (secondary N) is 1. The number of ether oxygens (including phenoxy) is 3. The minimum atomic E-state index is -0.650. The van der Waals surface area contributed by atoms with Crippen LogP contribution in [0.1, 0.15) is 16.2 Å². The molecule has 0 saturated heterocycles. The van der Waals surface area contributed by atoms with Crippen LogP contribution in [0.5, 0.6) is 11.5 Å². The minimum Gasteiger partial charge on any atom is -0.456 e. The van der Waals surface area contributed by atoms with Gasteiger partial charge < -0.3 is 24.1 Å². The number of halogens is 1. The van der Waals surface area contributed by atoms with Gasteiger partial charge in [0.25, 0.3) is 11.8 Å². The van der Waals surface area contributed by atoms with Crippen LogP contribution in [0.25, 0.3) is 11.5 Å². The molecule has 0 spiro atoms. The van der Waals surface area contributed by atoms with Crippen LogP contribution in [-0.2, 0) is 16.1 Å². The number of hydrogen-bond acceptors (Lipinski definition) is 8. The van der Waals surface area contributed by atoms with Gasteiger partial charge in [-0.25, -0.2) is 0 Å². The second-order valence-electron chi connectivity index (χ2n) is 5.91. The van der Waals surface area contributed by atoms with Gasteiger partial charge in [-0.05, 0) is 30.3 Å². The Hall–Kier alpha value is -3.59. The standard InChI is InChI=1S/C19H14ClN3O6/c20-13-4-2-1-3-12(13)19-22-16(23-29-19)9-26-17(24)8-21-18(25)11-5-6-14-15(7-11)28-10-27-14/h1-7H,8-10H2,(H,21,25). The molecule has 0 unspecified atom stereocenters. The third-order valence-corrected chi connectivity index (χ3v) is 4.29. The fourth-order valence-electron chi connectivity index (χ4n) is 2.55. The van der Waals surface area contributed by atoms with E-state index in [4.69, 9.17) is 30.3 Å². The fourth-order valence-corrected chi connectivity index (χ4v) is 2.76. The number of carbonyl (C=O) groups is 2. The van der Waals surface area contributed by atoms with Crippen molar-refractivity contribution in [2.24, 2.45) is 0 Å². The van der Waals surface area contributed by atoms with E-state index in [0.29, 0.717) is 27.6 Å². The SMILES string of the molecule is O=C(CNC(=O)c1ccc2c(c1)OCO2)OCc1noc(-c2ccccc2Cl)n1. The Bertz CT molecular complexity index is 1070. The molecule has 2 heterocycles. The summed E-state index contributed by atoms with van der Waals surface area (Å²) in [5.41, 5.74) is 0.917. The van der Waals surface area contributed by atoms with Crippen LogP contribution in [0, 0.1) is 0 Å². The van der Waals surface area contributed by atoms with Gasteiger partial charge in [0.05, 0.1) is 10.6 Å². The van der Waals surface area contributed by atoms with E-state index < -0.39 is 11.9 Å². The lowest BCUT2D eigenvalue weighted by molar-refractivity contribution is -0.143. The monoisotopic (exact) mass is 415 g/mol. The molecule has 29 heavy (non-hydrogen) atoms. The first kappa shape index (κ1) is 18.8. The molecule has 3 aromatic rings. The Morgan fingerprint density at radius 2 is 1.97 bits per heavy atom. The average molecular weight is 416 g/mol. The summed E-state index contributed by atoms with van der Waals surface area (Å²) in [4.78, 5) is 28.2. The lowest BCUT2D eigenvalue weighted by Crippen LogP contribution is -2.30. The molecule has 10 heteroatoms. The molecular weight excluding hydrogens is 402 g/mol. The molecule has 0 atom stereocenters. The minimum absolute atomic E-state index is 0.112. The maximum Gasteiger partial charge on any atom is 0.325 e. The summed E-state index contributed by atoms with van der Waals surface area (Å²) >= 11 is 6.08. The van der Waals surface area contributed by atoms with Crippen LogP contribution in [0.4, 0.5) is 0 Å². The van der Waals surface area contributed by atoms with Gasteiger partial charge in [0.1, 0.15) is 6.54 Å². The molecule has 0 saturated carbocycles. The maximum absolute atomic E-state index is 12.1. The Labute approximate surface area is 169 Å². The highest BCUT2D eigenvalue weighted by Gasteiger charge is 2.17. The van der Waals surface area contributed by atoms with Crippen molar-refractivity contribution in [2.75, 3.05) is 13.3 Å². The van der Waals surface area contributed by atoms with Crippen LogP contribution in [0.15, 0.2) is 47.0 Å². The van der Waals surface area contributed by atoms with E-state index in [0.717, 1.165) is 0 Å². The second kappa shape index (κ2) is 8.19. The number of amides is 1. The quantitative estimate of drug-likeness (QED) is 0.611. The Balaban J connectivity index is 1.27. The van der Waals surface area contributed by atoms with E-state index in [9.17, 15) is 9.59 Å². The van der Waals surface area contributed by atoms with Gasteiger partial charge in [0.15, 0.2) is 18.1 Å². The number of rotatable bonds is 6. The molecule has 9 nitrogen and oxygen atoms in total. The molecule has 0 bridgehead atoms. The second-order valence-corrected chi connectivity index (χ2v) is 6.31. The molecule has 1 aliphatic rings. The highest BCUT2D eigenvalue weighted by Crippen LogP contribution is 2.32. The third-order valence-electron chi connectivity index (χ3n) is 3.96. The largest absolute Gasteiger partial charge is 0.456 e. The van der Waals surface area contributed by atoms with Crippen molar-refractivity contribution in [3.63, 3.8) is 0 Å². The molecule has 1 amide bonds. The van der Waals surface area contributed by atoms with E-state index in [-0.39, 0.29) is 31.7 Å². The van der Waals surface area contributed by atoms with Gasteiger partial charge in [-0.3, -0.25) is 9.59 Å². The smallest absolute Gasteiger partial charge is 0.325 e.